The standard InChI is InChI=1S/C17H20N2O4S/c20-16(13-9-24-10-19(13)17(21)11-3-1-4-11)18-12-5-2-6-14-15(12)23-8-7-22-14/h2,5-6,11,13H,1,3-4,7-10H2,(H,18,20). The molecule has 128 valence electrons. The maximum atomic E-state index is 12.7. The number of para-hydroxylation sites is 1. The highest BCUT2D eigenvalue weighted by molar-refractivity contribution is 7.99. The van der Waals surface area contributed by atoms with E-state index in [1.165, 1.54) is 0 Å². The fourth-order valence-electron chi connectivity index (χ4n) is 3.15. The second-order valence-electron chi connectivity index (χ2n) is 6.27. The van der Waals surface area contributed by atoms with Gasteiger partial charge in [0.1, 0.15) is 19.3 Å². The van der Waals surface area contributed by atoms with Gasteiger partial charge in [0.2, 0.25) is 11.8 Å². The van der Waals surface area contributed by atoms with Gasteiger partial charge < -0.3 is 19.7 Å². The molecule has 1 N–H and O–H groups in total. The normalized spacial score (nSPS) is 22.8. The van der Waals surface area contributed by atoms with E-state index in [4.69, 9.17) is 9.47 Å². The average molecular weight is 348 g/mol. The summed E-state index contributed by atoms with van der Waals surface area (Å²) in [5, 5.41) is 2.92. The third-order valence-electron chi connectivity index (χ3n) is 4.75. The Kier molecular flexibility index (Phi) is 4.26. The van der Waals surface area contributed by atoms with Crippen LogP contribution in [0.2, 0.25) is 0 Å². The lowest BCUT2D eigenvalue weighted by Gasteiger charge is -2.31. The van der Waals surface area contributed by atoms with Crippen LogP contribution >= 0.6 is 11.8 Å². The van der Waals surface area contributed by atoms with Gasteiger partial charge in [-0.25, -0.2) is 0 Å². The van der Waals surface area contributed by atoms with Gasteiger partial charge in [-0.15, -0.1) is 11.8 Å². The summed E-state index contributed by atoms with van der Waals surface area (Å²) in [7, 11) is 0. The first-order valence-electron chi connectivity index (χ1n) is 8.32. The lowest BCUT2D eigenvalue weighted by Crippen LogP contribution is -2.47. The molecular weight excluding hydrogens is 328 g/mol. The SMILES string of the molecule is O=C(Nc1cccc2c1OCCO2)C1CSCN1C(=O)C1CCC1. The molecule has 0 spiro atoms. The second kappa shape index (κ2) is 6.55. The Morgan fingerprint density at radius 2 is 2.04 bits per heavy atom. The molecule has 24 heavy (non-hydrogen) atoms. The zero-order valence-corrected chi connectivity index (χ0v) is 14.1. The van der Waals surface area contributed by atoms with Crippen molar-refractivity contribution in [3.63, 3.8) is 0 Å². The number of hydrogen-bond acceptors (Lipinski definition) is 5. The van der Waals surface area contributed by atoms with E-state index in [1.807, 2.05) is 12.1 Å². The summed E-state index contributed by atoms with van der Waals surface area (Å²) in [6.07, 6.45) is 3.01. The highest BCUT2D eigenvalue weighted by atomic mass is 32.2. The number of hydrogen-bond donors (Lipinski definition) is 1. The van der Waals surface area contributed by atoms with Gasteiger partial charge in [-0.1, -0.05) is 12.5 Å². The van der Waals surface area contributed by atoms with Crippen molar-refractivity contribution in [1.29, 1.82) is 0 Å². The molecule has 3 aliphatic rings. The number of thioether (sulfide) groups is 1. The fourth-order valence-corrected chi connectivity index (χ4v) is 4.32. The Morgan fingerprint density at radius 3 is 2.83 bits per heavy atom. The maximum absolute atomic E-state index is 12.7. The van der Waals surface area contributed by atoms with E-state index in [0.717, 1.165) is 19.3 Å². The smallest absolute Gasteiger partial charge is 0.248 e. The maximum Gasteiger partial charge on any atom is 0.248 e. The van der Waals surface area contributed by atoms with Crippen LogP contribution in [0, 0.1) is 5.92 Å². The summed E-state index contributed by atoms with van der Waals surface area (Å²) in [6.45, 7) is 0.971. The number of ether oxygens (including phenoxy) is 2. The van der Waals surface area contributed by atoms with Crippen LogP contribution in [0.15, 0.2) is 18.2 Å². The minimum atomic E-state index is -0.413. The second-order valence-corrected chi connectivity index (χ2v) is 7.27. The molecule has 1 aromatic rings. The third-order valence-corrected chi connectivity index (χ3v) is 5.76. The molecule has 0 radical (unpaired) electrons. The molecule has 1 saturated carbocycles. The first-order chi connectivity index (χ1) is 11.7. The van der Waals surface area contributed by atoms with E-state index in [2.05, 4.69) is 5.32 Å². The number of anilines is 1. The lowest BCUT2D eigenvalue weighted by molar-refractivity contribution is -0.141. The van der Waals surface area contributed by atoms with Crippen molar-refractivity contribution >= 4 is 29.3 Å². The average Bonchev–Trinajstić information content (AvgIpc) is 3.03. The summed E-state index contributed by atoms with van der Waals surface area (Å²) < 4.78 is 11.2. The number of amides is 2. The Morgan fingerprint density at radius 1 is 1.21 bits per heavy atom. The Hall–Kier alpha value is -1.89. The monoisotopic (exact) mass is 348 g/mol. The topological polar surface area (TPSA) is 67.9 Å². The fraction of sp³-hybridized carbons (Fsp3) is 0.529. The number of nitrogens with one attached hydrogen (secondary N) is 1. The van der Waals surface area contributed by atoms with Crippen molar-refractivity contribution in [2.45, 2.75) is 25.3 Å². The summed E-state index contributed by atoms with van der Waals surface area (Å²) in [6, 6.07) is 5.03. The van der Waals surface area contributed by atoms with Crippen LogP contribution in [0.4, 0.5) is 5.69 Å². The molecule has 2 heterocycles. The van der Waals surface area contributed by atoms with Crippen molar-refractivity contribution in [2.75, 3.05) is 30.2 Å². The summed E-state index contributed by atoms with van der Waals surface area (Å²) >= 11 is 1.63. The molecule has 2 aliphatic heterocycles. The van der Waals surface area contributed by atoms with Crippen molar-refractivity contribution in [3.05, 3.63) is 18.2 Å². The van der Waals surface area contributed by atoms with Crippen molar-refractivity contribution in [2.24, 2.45) is 5.92 Å². The molecule has 7 heteroatoms. The minimum absolute atomic E-state index is 0.111. The molecule has 1 aliphatic carbocycles. The van der Waals surface area contributed by atoms with Gasteiger partial charge in [0, 0.05) is 11.7 Å². The summed E-state index contributed by atoms with van der Waals surface area (Å²) in [5.41, 5.74) is 0.602. The van der Waals surface area contributed by atoms with Gasteiger partial charge in [0.15, 0.2) is 11.5 Å². The summed E-state index contributed by atoms with van der Waals surface area (Å²) in [4.78, 5) is 27.0. The number of carbonyl (C=O) groups excluding carboxylic acids is 2. The van der Waals surface area contributed by atoms with Crippen LogP contribution in [0.3, 0.4) is 0 Å². The molecule has 1 unspecified atom stereocenters. The van der Waals surface area contributed by atoms with E-state index in [-0.39, 0.29) is 17.7 Å². The lowest BCUT2D eigenvalue weighted by atomic mass is 9.84. The largest absolute Gasteiger partial charge is 0.486 e. The first kappa shape index (κ1) is 15.6. The molecule has 1 saturated heterocycles. The van der Waals surface area contributed by atoms with Crippen LogP contribution in [-0.4, -0.2) is 47.6 Å². The van der Waals surface area contributed by atoms with Gasteiger partial charge >= 0.3 is 0 Å². The van der Waals surface area contributed by atoms with E-state index in [9.17, 15) is 9.59 Å². The van der Waals surface area contributed by atoms with E-state index < -0.39 is 6.04 Å². The van der Waals surface area contributed by atoms with Crippen LogP contribution < -0.4 is 14.8 Å². The third kappa shape index (κ3) is 2.81. The predicted octanol–water partition coefficient (Wildman–Crippen LogP) is 2.10. The molecule has 0 aromatic heterocycles. The zero-order chi connectivity index (χ0) is 16.5. The Bertz CT molecular complexity index is 662. The molecule has 1 atom stereocenters. The minimum Gasteiger partial charge on any atom is -0.486 e. The molecular formula is C17H20N2O4S. The van der Waals surface area contributed by atoms with E-state index >= 15 is 0 Å². The number of fused-ring (bicyclic) bond motifs is 1. The molecule has 2 amide bonds. The van der Waals surface area contributed by atoms with Crippen LogP contribution in [0.1, 0.15) is 19.3 Å². The van der Waals surface area contributed by atoms with Gasteiger partial charge in [0.25, 0.3) is 0 Å². The zero-order valence-electron chi connectivity index (χ0n) is 13.3. The molecule has 1 aromatic carbocycles. The number of benzene rings is 1. The number of rotatable bonds is 3. The Labute approximate surface area is 144 Å². The van der Waals surface area contributed by atoms with Gasteiger partial charge in [-0.3, -0.25) is 9.59 Å². The van der Waals surface area contributed by atoms with Crippen molar-refractivity contribution < 1.29 is 19.1 Å². The van der Waals surface area contributed by atoms with Crippen molar-refractivity contribution in [1.82, 2.24) is 4.90 Å². The summed E-state index contributed by atoms with van der Waals surface area (Å²) in [5.74, 6) is 2.52. The van der Waals surface area contributed by atoms with Crippen molar-refractivity contribution in [3.8, 4) is 11.5 Å². The van der Waals surface area contributed by atoms with Gasteiger partial charge in [-0.2, -0.15) is 0 Å². The predicted molar refractivity (Wildman–Crippen MR) is 91.4 cm³/mol. The van der Waals surface area contributed by atoms with E-state index in [0.29, 0.717) is 42.0 Å². The van der Waals surface area contributed by atoms with Gasteiger partial charge in [0.05, 0.1) is 11.6 Å². The van der Waals surface area contributed by atoms with Crippen LogP contribution in [0.25, 0.3) is 0 Å². The molecule has 4 rings (SSSR count). The molecule has 0 bridgehead atoms. The first-order valence-corrected chi connectivity index (χ1v) is 9.47. The Balaban J connectivity index is 1.48. The molecule has 2 fully saturated rings. The van der Waals surface area contributed by atoms with Crippen LogP contribution in [0.5, 0.6) is 11.5 Å². The number of carbonyl (C=O) groups is 2. The van der Waals surface area contributed by atoms with E-state index in [1.54, 1.807) is 22.7 Å². The van der Waals surface area contributed by atoms with Crippen LogP contribution in [-0.2, 0) is 9.59 Å². The highest BCUT2D eigenvalue weighted by Crippen LogP contribution is 2.38. The number of nitrogens with zero attached hydrogens (tertiary/aromatic N) is 1. The molecule has 6 nitrogen and oxygen atoms in total. The highest BCUT2D eigenvalue weighted by Gasteiger charge is 2.39. The van der Waals surface area contributed by atoms with Gasteiger partial charge in [-0.05, 0) is 25.0 Å². The quantitative estimate of drug-likeness (QED) is 0.906.